The average molecular weight is 265 g/mol. The zero-order chi connectivity index (χ0) is 11.7. The summed E-state index contributed by atoms with van der Waals surface area (Å²) in [6, 6.07) is 0. The lowest BCUT2D eigenvalue weighted by molar-refractivity contribution is 0.497. The second-order valence-electron chi connectivity index (χ2n) is 7.00. The first-order valence-corrected chi connectivity index (χ1v) is 7.93. The fourth-order valence-electron chi connectivity index (χ4n) is 3.44. The average Bonchev–Trinajstić information content (AvgIpc) is 2.00. The SMILES string of the molecule is CC(C)(C)P(C1CCCCC1)C(C)(C)C.Cl. The summed E-state index contributed by atoms with van der Waals surface area (Å²) in [7, 11) is 0.139. The summed E-state index contributed by atoms with van der Waals surface area (Å²) in [6.07, 6.45) is 7.44. The molecule has 0 saturated heterocycles. The van der Waals surface area contributed by atoms with Gasteiger partial charge in [-0.2, -0.15) is 0 Å². The van der Waals surface area contributed by atoms with Crippen molar-refractivity contribution in [1.29, 1.82) is 0 Å². The third-order valence-electron chi connectivity index (χ3n) is 3.39. The van der Waals surface area contributed by atoms with Gasteiger partial charge in [-0.15, -0.1) is 12.4 Å². The Morgan fingerprint density at radius 3 is 1.44 bits per heavy atom. The van der Waals surface area contributed by atoms with Crippen LogP contribution in [0.3, 0.4) is 0 Å². The van der Waals surface area contributed by atoms with Gasteiger partial charge in [-0.3, -0.25) is 0 Å². The van der Waals surface area contributed by atoms with Crippen LogP contribution >= 0.6 is 20.3 Å². The van der Waals surface area contributed by atoms with Crippen LogP contribution in [-0.4, -0.2) is 16.0 Å². The van der Waals surface area contributed by atoms with Gasteiger partial charge in [-0.05, 0) is 28.8 Å². The standard InChI is InChI=1S/C14H29P.ClH/c1-13(2,3)15(14(4,5)6)12-10-8-7-9-11-12;/h12H,7-11H2,1-6H3;1H. The van der Waals surface area contributed by atoms with Crippen LogP contribution in [0.1, 0.15) is 73.6 Å². The van der Waals surface area contributed by atoms with E-state index in [1.807, 2.05) is 0 Å². The van der Waals surface area contributed by atoms with Crippen molar-refractivity contribution in [2.24, 2.45) is 0 Å². The molecule has 0 aliphatic heterocycles. The number of hydrogen-bond donors (Lipinski definition) is 0. The second-order valence-corrected chi connectivity index (χ2v) is 11.2. The Hall–Kier alpha value is 0.720. The van der Waals surface area contributed by atoms with Crippen LogP contribution in [0.15, 0.2) is 0 Å². The molecule has 1 rings (SSSR count). The molecule has 1 aliphatic rings. The molecular weight excluding hydrogens is 235 g/mol. The van der Waals surface area contributed by atoms with Gasteiger partial charge in [0.25, 0.3) is 0 Å². The van der Waals surface area contributed by atoms with Gasteiger partial charge in [-0.25, -0.2) is 0 Å². The monoisotopic (exact) mass is 264 g/mol. The molecule has 98 valence electrons. The van der Waals surface area contributed by atoms with Crippen molar-refractivity contribution < 1.29 is 0 Å². The number of halogens is 1. The van der Waals surface area contributed by atoms with E-state index < -0.39 is 0 Å². The minimum Gasteiger partial charge on any atom is -0.147 e. The van der Waals surface area contributed by atoms with E-state index >= 15 is 0 Å². The lowest BCUT2D eigenvalue weighted by Crippen LogP contribution is -2.32. The zero-order valence-corrected chi connectivity index (χ0v) is 13.7. The maximum Gasteiger partial charge on any atom is -0.0172 e. The van der Waals surface area contributed by atoms with Crippen molar-refractivity contribution in [2.75, 3.05) is 0 Å². The minimum atomic E-state index is 0. The van der Waals surface area contributed by atoms with Gasteiger partial charge in [0.15, 0.2) is 0 Å². The molecule has 0 amide bonds. The van der Waals surface area contributed by atoms with Crippen molar-refractivity contribution in [1.82, 2.24) is 0 Å². The Bertz CT molecular complexity index is 180. The van der Waals surface area contributed by atoms with E-state index in [9.17, 15) is 0 Å². The third-order valence-corrected chi connectivity index (χ3v) is 7.52. The van der Waals surface area contributed by atoms with Crippen LogP contribution in [0.4, 0.5) is 0 Å². The normalized spacial score (nSPS) is 19.7. The van der Waals surface area contributed by atoms with E-state index in [1.165, 1.54) is 32.1 Å². The Kier molecular flexibility index (Phi) is 6.33. The summed E-state index contributed by atoms with van der Waals surface area (Å²) in [5.74, 6) is 0. The third kappa shape index (κ3) is 4.53. The van der Waals surface area contributed by atoms with Crippen LogP contribution in [0.5, 0.6) is 0 Å². The van der Waals surface area contributed by atoms with Gasteiger partial charge in [0, 0.05) is 0 Å². The van der Waals surface area contributed by atoms with Crippen LogP contribution in [0.2, 0.25) is 0 Å². The van der Waals surface area contributed by atoms with Gasteiger partial charge < -0.3 is 0 Å². The highest BCUT2D eigenvalue weighted by atomic mass is 35.5. The van der Waals surface area contributed by atoms with Gasteiger partial charge in [-0.1, -0.05) is 68.7 Å². The first-order chi connectivity index (χ1) is 6.73. The molecule has 0 heterocycles. The smallest absolute Gasteiger partial charge is 0.0172 e. The molecule has 1 aliphatic carbocycles. The molecular formula is C14H30ClP. The summed E-state index contributed by atoms with van der Waals surface area (Å²) in [6.45, 7) is 14.7. The van der Waals surface area contributed by atoms with Crippen molar-refractivity contribution >= 4 is 20.3 Å². The van der Waals surface area contributed by atoms with E-state index in [-0.39, 0.29) is 20.3 Å². The molecule has 0 aromatic rings. The molecule has 0 atom stereocenters. The largest absolute Gasteiger partial charge is 0.147 e. The molecule has 0 nitrogen and oxygen atoms in total. The van der Waals surface area contributed by atoms with E-state index in [1.54, 1.807) is 0 Å². The first-order valence-electron chi connectivity index (χ1n) is 6.52. The highest BCUT2D eigenvalue weighted by Crippen LogP contribution is 2.65. The van der Waals surface area contributed by atoms with Gasteiger partial charge in [0.2, 0.25) is 0 Å². The molecule has 0 aromatic carbocycles. The maximum atomic E-state index is 2.46. The topological polar surface area (TPSA) is 0 Å². The van der Waals surface area contributed by atoms with Gasteiger partial charge in [0.1, 0.15) is 0 Å². The Labute approximate surface area is 110 Å². The highest BCUT2D eigenvalue weighted by Gasteiger charge is 2.39. The summed E-state index contributed by atoms with van der Waals surface area (Å²) in [5.41, 5.74) is 1.04. The summed E-state index contributed by atoms with van der Waals surface area (Å²) < 4.78 is 0. The first kappa shape index (κ1) is 16.7. The van der Waals surface area contributed by atoms with Crippen LogP contribution < -0.4 is 0 Å². The lowest BCUT2D eigenvalue weighted by atomic mass is 10.0. The predicted molar refractivity (Wildman–Crippen MR) is 80.5 cm³/mol. The summed E-state index contributed by atoms with van der Waals surface area (Å²) in [5, 5.41) is 1.05. The van der Waals surface area contributed by atoms with E-state index in [2.05, 4.69) is 41.5 Å². The Balaban J connectivity index is 0.00000225. The molecule has 0 radical (unpaired) electrons. The van der Waals surface area contributed by atoms with Crippen molar-refractivity contribution in [3.8, 4) is 0 Å². The molecule has 2 heteroatoms. The molecule has 0 N–H and O–H groups in total. The molecule has 0 bridgehead atoms. The maximum absolute atomic E-state index is 2.46. The van der Waals surface area contributed by atoms with E-state index in [0.717, 1.165) is 5.66 Å². The quantitative estimate of drug-likeness (QED) is 0.524. The Morgan fingerprint density at radius 1 is 0.750 bits per heavy atom. The van der Waals surface area contributed by atoms with Gasteiger partial charge in [0.05, 0.1) is 0 Å². The molecule has 0 aromatic heterocycles. The van der Waals surface area contributed by atoms with Gasteiger partial charge >= 0.3 is 0 Å². The molecule has 0 unspecified atom stereocenters. The predicted octanol–water partition coefficient (Wildman–Crippen LogP) is 5.82. The van der Waals surface area contributed by atoms with E-state index in [4.69, 9.17) is 0 Å². The van der Waals surface area contributed by atoms with Crippen molar-refractivity contribution in [3.63, 3.8) is 0 Å². The Morgan fingerprint density at radius 2 is 1.12 bits per heavy atom. The molecule has 1 fully saturated rings. The fraction of sp³-hybridized carbons (Fsp3) is 1.00. The van der Waals surface area contributed by atoms with Crippen LogP contribution in [0.25, 0.3) is 0 Å². The lowest BCUT2D eigenvalue weighted by Gasteiger charge is -2.47. The molecule has 0 spiro atoms. The second kappa shape index (κ2) is 6.05. The molecule has 16 heavy (non-hydrogen) atoms. The van der Waals surface area contributed by atoms with Crippen molar-refractivity contribution in [2.45, 2.75) is 89.6 Å². The van der Waals surface area contributed by atoms with Crippen LogP contribution in [0, 0.1) is 0 Å². The van der Waals surface area contributed by atoms with Crippen molar-refractivity contribution in [3.05, 3.63) is 0 Å². The highest BCUT2D eigenvalue weighted by molar-refractivity contribution is 7.61. The molecule has 1 saturated carbocycles. The summed E-state index contributed by atoms with van der Waals surface area (Å²) >= 11 is 0. The zero-order valence-electron chi connectivity index (χ0n) is 12.0. The summed E-state index contributed by atoms with van der Waals surface area (Å²) in [4.78, 5) is 0. The number of hydrogen-bond acceptors (Lipinski definition) is 0. The number of rotatable bonds is 1. The van der Waals surface area contributed by atoms with E-state index in [0.29, 0.717) is 10.3 Å². The van der Waals surface area contributed by atoms with Crippen LogP contribution in [-0.2, 0) is 0 Å². The fourth-order valence-corrected chi connectivity index (χ4v) is 8.53. The minimum absolute atomic E-state index is 0.